The molecule has 38 heavy (non-hydrogen) atoms. The van der Waals surface area contributed by atoms with Crippen molar-refractivity contribution in [2.45, 2.75) is 82.2 Å². The number of hydrogen-bond donors (Lipinski definition) is 1. The van der Waals surface area contributed by atoms with Crippen LogP contribution >= 0.6 is 11.8 Å². The molecule has 4 rings (SSSR count). The highest BCUT2D eigenvalue weighted by molar-refractivity contribution is 8.00. The van der Waals surface area contributed by atoms with Gasteiger partial charge in [0, 0.05) is 10.5 Å². The third-order valence-electron chi connectivity index (χ3n) is 6.95. The second kappa shape index (κ2) is 11.9. The van der Waals surface area contributed by atoms with E-state index in [1.807, 2.05) is 20.8 Å². The Balaban J connectivity index is 0.00000195. The van der Waals surface area contributed by atoms with E-state index in [0.29, 0.717) is 11.7 Å². The van der Waals surface area contributed by atoms with Gasteiger partial charge < -0.3 is 9.84 Å². The van der Waals surface area contributed by atoms with E-state index in [1.54, 1.807) is 12.1 Å². The summed E-state index contributed by atoms with van der Waals surface area (Å²) in [7, 11) is 0. The number of carbonyl (C=O) groups is 1. The van der Waals surface area contributed by atoms with Gasteiger partial charge in [0.2, 0.25) is 0 Å². The minimum absolute atomic E-state index is 0.00151. The quantitative estimate of drug-likeness (QED) is 0.314. The van der Waals surface area contributed by atoms with Gasteiger partial charge in [-0.15, -0.1) is 0 Å². The van der Waals surface area contributed by atoms with Gasteiger partial charge >= 0.3 is 11.5 Å². The molecule has 0 fully saturated rings. The Morgan fingerprint density at radius 3 is 2.21 bits per heavy atom. The number of ether oxygens (including phenoxy) is 1. The highest BCUT2D eigenvalue weighted by atomic mass is 32.2. The molecule has 3 aromatic carbocycles. The zero-order valence-electron chi connectivity index (χ0n) is 22.6. The van der Waals surface area contributed by atoms with Gasteiger partial charge in [0.25, 0.3) is 0 Å². The predicted octanol–water partition coefficient (Wildman–Crippen LogP) is 9.67. The summed E-state index contributed by atoms with van der Waals surface area (Å²) in [6, 6.07) is 16.8. The van der Waals surface area contributed by atoms with Crippen molar-refractivity contribution in [3.63, 3.8) is 0 Å². The van der Waals surface area contributed by atoms with E-state index >= 15 is 0 Å². The van der Waals surface area contributed by atoms with Gasteiger partial charge in [0.15, 0.2) is 0 Å². The topological polar surface area (TPSA) is 46.5 Å². The first-order valence-corrected chi connectivity index (χ1v) is 13.7. The number of benzene rings is 3. The number of carboxylic acids is 1. The van der Waals surface area contributed by atoms with Crippen molar-refractivity contribution in [1.29, 1.82) is 0 Å². The summed E-state index contributed by atoms with van der Waals surface area (Å²) in [5, 5.41) is 9.32. The number of rotatable bonds is 6. The van der Waals surface area contributed by atoms with Crippen molar-refractivity contribution in [3.8, 4) is 5.75 Å². The molecule has 0 spiro atoms. The average molecular weight is 545 g/mol. The molecule has 0 bridgehead atoms. The van der Waals surface area contributed by atoms with Crippen molar-refractivity contribution in [2.75, 3.05) is 0 Å². The van der Waals surface area contributed by atoms with E-state index in [1.165, 1.54) is 47.5 Å². The summed E-state index contributed by atoms with van der Waals surface area (Å²) in [5.41, 5.74) is 1.18. The van der Waals surface area contributed by atoms with Gasteiger partial charge in [-0.3, -0.25) is 0 Å². The number of alkyl halides is 3. The summed E-state index contributed by atoms with van der Waals surface area (Å²) >= 11 is -0.168. The largest absolute Gasteiger partial charge is 0.481 e. The Labute approximate surface area is 227 Å². The smallest absolute Gasteiger partial charge is 0.446 e. The van der Waals surface area contributed by atoms with E-state index in [9.17, 15) is 23.1 Å². The maximum absolute atomic E-state index is 12.7. The van der Waals surface area contributed by atoms with Gasteiger partial charge in [0.1, 0.15) is 11.9 Å². The average Bonchev–Trinajstić information content (AvgIpc) is 2.86. The summed E-state index contributed by atoms with van der Waals surface area (Å²) < 4.78 is 44.6. The van der Waals surface area contributed by atoms with Crippen LogP contribution in [0.25, 0.3) is 0 Å². The molecule has 0 saturated heterocycles. The van der Waals surface area contributed by atoms with Crippen molar-refractivity contribution in [2.24, 2.45) is 0 Å². The highest BCUT2D eigenvalue weighted by Crippen LogP contribution is 2.45. The third kappa shape index (κ3) is 6.93. The minimum atomic E-state index is -4.36. The molecule has 0 radical (unpaired) electrons. The van der Waals surface area contributed by atoms with Gasteiger partial charge in [0.05, 0.1) is 5.56 Å². The van der Waals surface area contributed by atoms with Crippen LogP contribution in [0.1, 0.15) is 97.7 Å². The second-order valence-electron chi connectivity index (χ2n) is 10.1. The SMILES string of the molecule is CC.Cc1cc2c(cc1C(Oc1ccc(SC(F)(F)F)cc1)c1ccc(C(=O)O)cc1)C(C)(C)CCC2C. The molecule has 0 aromatic heterocycles. The molecular weight excluding hydrogens is 509 g/mol. The predicted molar refractivity (Wildman–Crippen MR) is 147 cm³/mol. The minimum Gasteiger partial charge on any atom is -0.481 e. The number of fused-ring (bicyclic) bond motifs is 1. The van der Waals surface area contributed by atoms with Gasteiger partial charge in [-0.25, -0.2) is 4.79 Å². The number of thioether (sulfide) groups is 1. The highest BCUT2D eigenvalue weighted by Gasteiger charge is 2.33. The van der Waals surface area contributed by atoms with Crippen molar-refractivity contribution >= 4 is 17.7 Å². The van der Waals surface area contributed by atoms with Crippen molar-refractivity contribution in [3.05, 3.63) is 94.0 Å². The lowest BCUT2D eigenvalue weighted by atomic mass is 9.68. The molecule has 7 heteroatoms. The van der Waals surface area contributed by atoms with Crippen LogP contribution in [0.2, 0.25) is 0 Å². The molecule has 0 amide bonds. The van der Waals surface area contributed by atoms with Crippen LogP contribution < -0.4 is 4.74 Å². The Kier molecular flexibility index (Phi) is 9.24. The lowest BCUT2D eigenvalue weighted by Gasteiger charge is -2.37. The molecule has 1 aliphatic carbocycles. The number of carboxylic acid groups (broad SMARTS) is 1. The normalized spacial score (nSPS) is 17.0. The van der Waals surface area contributed by atoms with Crippen LogP contribution in [-0.4, -0.2) is 16.6 Å². The molecule has 3 nitrogen and oxygen atoms in total. The van der Waals surface area contributed by atoms with Gasteiger partial charge in [-0.2, -0.15) is 13.2 Å². The zero-order chi connectivity index (χ0) is 28.3. The van der Waals surface area contributed by atoms with Crippen molar-refractivity contribution < 1.29 is 27.8 Å². The Bertz CT molecular complexity index is 1250. The standard InChI is InChI=1S/C29H29F3O3S.C2H6/c1-17-13-14-28(3,4)25-16-24(18(2)15-23(17)25)26(19-5-7-20(8-6-19)27(33)34)35-21-9-11-22(12-10-21)36-29(30,31)32;1-2/h5-12,15-17,26H,13-14H2,1-4H3,(H,33,34);1-2H3. The fourth-order valence-electron chi connectivity index (χ4n) is 4.86. The monoisotopic (exact) mass is 544 g/mol. The molecule has 204 valence electrons. The Morgan fingerprint density at radius 1 is 1.05 bits per heavy atom. The van der Waals surface area contributed by atoms with Crippen molar-refractivity contribution in [1.82, 2.24) is 0 Å². The summed E-state index contributed by atoms with van der Waals surface area (Å²) in [5.74, 6) is -0.135. The molecule has 3 aromatic rings. The summed E-state index contributed by atoms with van der Waals surface area (Å²) in [6.07, 6.45) is 1.63. The van der Waals surface area contributed by atoms with Crippen LogP contribution in [-0.2, 0) is 5.41 Å². The zero-order valence-corrected chi connectivity index (χ0v) is 23.5. The third-order valence-corrected chi connectivity index (χ3v) is 7.69. The number of hydrogen-bond acceptors (Lipinski definition) is 3. The molecule has 1 aliphatic rings. The Hall–Kier alpha value is -2.93. The number of halogens is 3. The fraction of sp³-hybridized carbons (Fsp3) is 0.387. The summed E-state index contributed by atoms with van der Waals surface area (Å²) in [6.45, 7) is 12.8. The van der Waals surface area contributed by atoms with E-state index in [4.69, 9.17) is 4.74 Å². The van der Waals surface area contributed by atoms with Gasteiger partial charge in [-0.1, -0.05) is 58.9 Å². The second-order valence-corrected chi connectivity index (χ2v) is 11.2. The lowest BCUT2D eigenvalue weighted by Crippen LogP contribution is -2.26. The lowest BCUT2D eigenvalue weighted by molar-refractivity contribution is -0.0328. The molecule has 2 atom stereocenters. The maximum atomic E-state index is 12.7. The number of aromatic carboxylic acids is 1. The first-order chi connectivity index (χ1) is 17.8. The molecule has 0 saturated carbocycles. The Morgan fingerprint density at radius 2 is 1.66 bits per heavy atom. The van der Waals surface area contributed by atoms with Crippen LogP contribution in [0.5, 0.6) is 5.75 Å². The fourth-order valence-corrected chi connectivity index (χ4v) is 5.40. The first-order valence-electron chi connectivity index (χ1n) is 12.8. The molecule has 2 unspecified atom stereocenters. The van der Waals surface area contributed by atoms with Crippen LogP contribution in [0.3, 0.4) is 0 Å². The van der Waals surface area contributed by atoms with E-state index in [0.717, 1.165) is 29.5 Å². The van der Waals surface area contributed by atoms with Gasteiger partial charge in [-0.05, 0) is 102 Å². The molecule has 0 aliphatic heterocycles. The number of aryl methyl sites for hydroxylation is 1. The molecule has 0 heterocycles. The van der Waals surface area contributed by atoms with Crippen LogP contribution in [0.15, 0.2) is 65.6 Å². The summed E-state index contributed by atoms with van der Waals surface area (Å²) in [4.78, 5) is 11.5. The molecule has 1 N–H and O–H groups in total. The van der Waals surface area contributed by atoms with Crippen LogP contribution in [0, 0.1) is 6.92 Å². The van der Waals surface area contributed by atoms with Crippen LogP contribution in [0.4, 0.5) is 13.2 Å². The molecular formula is C31H35F3O3S. The van der Waals surface area contributed by atoms with E-state index in [2.05, 4.69) is 32.9 Å². The first kappa shape index (κ1) is 29.6. The van der Waals surface area contributed by atoms with E-state index in [-0.39, 0.29) is 27.6 Å². The van der Waals surface area contributed by atoms with E-state index < -0.39 is 17.6 Å². The maximum Gasteiger partial charge on any atom is 0.446 e.